The third kappa shape index (κ3) is 3.26. The molecule has 1 aromatic carbocycles. The van der Waals surface area contributed by atoms with E-state index in [-0.39, 0.29) is 36.6 Å². The molecule has 8 heteroatoms. The molecule has 1 saturated heterocycles. The monoisotopic (exact) mass is 348 g/mol. The fraction of sp³-hybridized carbons (Fsp3) is 0.375. The first-order valence-corrected chi connectivity index (χ1v) is 8.03. The summed E-state index contributed by atoms with van der Waals surface area (Å²) in [6.45, 7) is 0.357. The number of hydrazone groups is 1. The second kappa shape index (κ2) is 6.60. The number of anilines is 1. The minimum absolute atomic E-state index is 0.0914. The first-order chi connectivity index (χ1) is 11.5. The van der Waals surface area contributed by atoms with Crippen LogP contribution in [0.4, 0.5) is 5.69 Å². The molecule has 0 saturated carbocycles. The van der Waals surface area contributed by atoms with Crippen LogP contribution in [-0.2, 0) is 14.4 Å². The topological polar surface area (TPSA) is 82.1 Å². The van der Waals surface area contributed by atoms with E-state index in [2.05, 4.69) is 10.4 Å². The first-order valence-electron chi connectivity index (χ1n) is 7.65. The summed E-state index contributed by atoms with van der Waals surface area (Å²) >= 11 is 6.14. The number of para-hydroxylation sites is 1. The molecule has 0 bridgehead atoms. The van der Waals surface area contributed by atoms with Crippen molar-refractivity contribution in [2.75, 3.05) is 18.5 Å². The maximum Gasteiger partial charge on any atom is 0.267 e. The van der Waals surface area contributed by atoms with Gasteiger partial charge in [0.2, 0.25) is 11.8 Å². The summed E-state index contributed by atoms with van der Waals surface area (Å²) in [6.07, 6.45) is 0.779. The summed E-state index contributed by atoms with van der Waals surface area (Å²) in [5.74, 6) is -0.549. The molecule has 1 N–H and O–H groups in total. The van der Waals surface area contributed by atoms with E-state index in [1.165, 1.54) is 12.1 Å². The van der Waals surface area contributed by atoms with Crippen molar-refractivity contribution in [2.45, 2.75) is 25.3 Å². The van der Waals surface area contributed by atoms with E-state index in [1.807, 2.05) is 6.07 Å². The molecule has 3 amide bonds. The second-order valence-electron chi connectivity index (χ2n) is 5.79. The van der Waals surface area contributed by atoms with Crippen molar-refractivity contribution >= 4 is 40.7 Å². The normalized spacial score (nSPS) is 21.1. The van der Waals surface area contributed by atoms with Gasteiger partial charge in [0.1, 0.15) is 5.71 Å². The van der Waals surface area contributed by atoms with Crippen LogP contribution in [0.1, 0.15) is 19.3 Å². The third-order valence-corrected chi connectivity index (χ3v) is 4.39. The van der Waals surface area contributed by atoms with Crippen LogP contribution >= 0.6 is 11.6 Å². The van der Waals surface area contributed by atoms with E-state index < -0.39 is 0 Å². The molecule has 2 aliphatic heterocycles. The molecule has 126 valence electrons. The molecule has 3 rings (SSSR count). The second-order valence-corrected chi connectivity index (χ2v) is 6.20. The van der Waals surface area contributed by atoms with Gasteiger partial charge in [-0.3, -0.25) is 14.4 Å². The fourth-order valence-corrected chi connectivity index (χ4v) is 3.05. The van der Waals surface area contributed by atoms with Gasteiger partial charge in [-0.2, -0.15) is 5.10 Å². The van der Waals surface area contributed by atoms with Crippen LogP contribution < -0.4 is 10.2 Å². The molecule has 2 heterocycles. The number of rotatable bonds is 3. The van der Waals surface area contributed by atoms with Gasteiger partial charge < -0.3 is 10.2 Å². The molecule has 24 heavy (non-hydrogen) atoms. The van der Waals surface area contributed by atoms with E-state index in [0.717, 1.165) is 0 Å². The molecule has 0 radical (unpaired) electrons. The van der Waals surface area contributed by atoms with Crippen molar-refractivity contribution in [1.29, 1.82) is 0 Å². The summed E-state index contributed by atoms with van der Waals surface area (Å²) in [4.78, 5) is 37.5. The Labute approximate surface area is 144 Å². The van der Waals surface area contributed by atoms with Crippen molar-refractivity contribution in [2.24, 2.45) is 5.10 Å². The zero-order chi connectivity index (χ0) is 17.3. The number of nitrogens with one attached hydrogen (secondary N) is 1. The zero-order valence-electron chi connectivity index (χ0n) is 13.2. The van der Waals surface area contributed by atoms with Gasteiger partial charge >= 0.3 is 0 Å². The predicted molar refractivity (Wildman–Crippen MR) is 89.8 cm³/mol. The quantitative estimate of drug-likeness (QED) is 0.890. The molecular formula is C16H17ClN4O3. The largest absolute Gasteiger partial charge is 0.346 e. The van der Waals surface area contributed by atoms with E-state index in [1.54, 1.807) is 23.1 Å². The van der Waals surface area contributed by atoms with Crippen LogP contribution in [0.5, 0.6) is 0 Å². The van der Waals surface area contributed by atoms with E-state index >= 15 is 0 Å². The first kappa shape index (κ1) is 16.4. The lowest BCUT2D eigenvalue weighted by Crippen LogP contribution is -2.43. The van der Waals surface area contributed by atoms with Crippen LogP contribution in [0.25, 0.3) is 0 Å². The van der Waals surface area contributed by atoms with Gasteiger partial charge in [-0.25, -0.2) is 5.01 Å². The van der Waals surface area contributed by atoms with Crippen LogP contribution in [0.15, 0.2) is 29.4 Å². The average molecular weight is 349 g/mol. The number of benzene rings is 1. The van der Waals surface area contributed by atoms with E-state index in [4.69, 9.17) is 11.6 Å². The number of carbonyl (C=O) groups is 3. The molecule has 1 fully saturated rings. The zero-order valence-corrected chi connectivity index (χ0v) is 13.9. The standard InChI is InChI=1S/C16H17ClN4O3/c1-20-14(22)7-6-12(19-20)16(24)18-10-8-15(23)21(9-10)13-5-3-2-4-11(13)17/h2-5,10H,6-9H2,1H3,(H,18,24)/t10-/m1/s1. The van der Waals surface area contributed by atoms with Crippen molar-refractivity contribution in [3.8, 4) is 0 Å². The maximum atomic E-state index is 12.3. The van der Waals surface area contributed by atoms with Crippen molar-refractivity contribution in [1.82, 2.24) is 10.3 Å². The molecule has 0 aliphatic carbocycles. The Hall–Kier alpha value is -2.41. The van der Waals surface area contributed by atoms with Crippen LogP contribution in [0, 0.1) is 0 Å². The van der Waals surface area contributed by atoms with Gasteiger partial charge in [0.05, 0.1) is 16.8 Å². The number of nitrogens with zero attached hydrogens (tertiary/aromatic N) is 3. The van der Waals surface area contributed by atoms with Crippen LogP contribution in [-0.4, -0.2) is 48.1 Å². The molecule has 1 atom stereocenters. The smallest absolute Gasteiger partial charge is 0.267 e. The molecule has 0 aromatic heterocycles. The molecule has 0 spiro atoms. The van der Waals surface area contributed by atoms with Gasteiger partial charge in [-0.1, -0.05) is 23.7 Å². The number of halogens is 1. The Balaban J connectivity index is 1.67. The lowest BCUT2D eigenvalue weighted by atomic mass is 10.1. The van der Waals surface area contributed by atoms with E-state index in [9.17, 15) is 14.4 Å². The lowest BCUT2D eigenvalue weighted by Gasteiger charge is -2.21. The predicted octanol–water partition coefficient (Wildman–Crippen LogP) is 1.17. The Morgan fingerprint density at radius 1 is 1.25 bits per heavy atom. The number of carbonyl (C=O) groups excluding carboxylic acids is 3. The number of hydrogen-bond donors (Lipinski definition) is 1. The molecule has 0 unspecified atom stereocenters. The van der Waals surface area contributed by atoms with Crippen molar-refractivity contribution < 1.29 is 14.4 Å². The number of hydrogen-bond acceptors (Lipinski definition) is 4. The SMILES string of the molecule is CN1N=C(C(=O)N[C@@H]2CC(=O)N(c3ccccc3Cl)C2)CCC1=O. The third-order valence-electron chi connectivity index (χ3n) is 4.07. The summed E-state index contributed by atoms with van der Waals surface area (Å²) in [6, 6.07) is 6.79. The van der Waals surface area contributed by atoms with E-state index in [0.29, 0.717) is 29.4 Å². The molecule has 2 aliphatic rings. The Bertz CT molecular complexity index is 734. The van der Waals surface area contributed by atoms with Gasteiger partial charge in [0.25, 0.3) is 5.91 Å². The van der Waals surface area contributed by atoms with Gasteiger partial charge in [0.15, 0.2) is 0 Å². The van der Waals surface area contributed by atoms with Gasteiger partial charge in [-0.05, 0) is 12.1 Å². The Morgan fingerprint density at radius 3 is 2.71 bits per heavy atom. The van der Waals surface area contributed by atoms with Crippen molar-refractivity contribution in [3.05, 3.63) is 29.3 Å². The van der Waals surface area contributed by atoms with Gasteiger partial charge in [-0.15, -0.1) is 0 Å². The van der Waals surface area contributed by atoms with Crippen LogP contribution in [0.2, 0.25) is 5.02 Å². The highest BCUT2D eigenvalue weighted by atomic mass is 35.5. The fourth-order valence-electron chi connectivity index (χ4n) is 2.81. The Morgan fingerprint density at radius 2 is 2.00 bits per heavy atom. The summed E-state index contributed by atoms with van der Waals surface area (Å²) < 4.78 is 0. The summed E-state index contributed by atoms with van der Waals surface area (Å²) in [5.41, 5.74) is 0.946. The lowest BCUT2D eigenvalue weighted by molar-refractivity contribution is -0.130. The summed E-state index contributed by atoms with van der Waals surface area (Å²) in [7, 11) is 1.52. The Kier molecular flexibility index (Phi) is 4.53. The van der Waals surface area contributed by atoms with Crippen molar-refractivity contribution in [3.63, 3.8) is 0 Å². The molecule has 7 nitrogen and oxygen atoms in total. The highest BCUT2D eigenvalue weighted by Crippen LogP contribution is 2.29. The highest BCUT2D eigenvalue weighted by Gasteiger charge is 2.33. The van der Waals surface area contributed by atoms with Gasteiger partial charge in [0, 0.05) is 32.9 Å². The minimum atomic E-state index is -0.340. The molecular weight excluding hydrogens is 332 g/mol. The number of amides is 3. The average Bonchev–Trinajstić information content (AvgIpc) is 2.90. The summed E-state index contributed by atoms with van der Waals surface area (Å²) in [5, 5.41) is 8.47. The minimum Gasteiger partial charge on any atom is -0.346 e. The van der Waals surface area contributed by atoms with Crippen LogP contribution in [0.3, 0.4) is 0 Å². The molecule has 1 aromatic rings. The highest BCUT2D eigenvalue weighted by molar-refractivity contribution is 6.39. The maximum absolute atomic E-state index is 12.3.